The fourth-order valence-corrected chi connectivity index (χ4v) is 2.63. The summed E-state index contributed by atoms with van der Waals surface area (Å²) in [5.41, 5.74) is -0.229. The van der Waals surface area contributed by atoms with Crippen molar-refractivity contribution in [2.45, 2.75) is 24.8 Å². The zero-order valence-corrected chi connectivity index (χ0v) is 13.6. The lowest BCUT2D eigenvalue weighted by Gasteiger charge is -2.19. The van der Waals surface area contributed by atoms with Crippen LogP contribution in [0.4, 0.5) is 23.5 Å². The first-order chi connectivity index (χ1) is 12.8. The minimum atomic E-state index is -3.40. The van der Waals surface area contributed by atoms with Crippen molar-refractivity contribution in [3.63, 3.8) is 0 Å². The molecule has 4 N–H and O–H groups in total. The average Bonchev–Trinajstić information content (AvgIpc) is 3.40. The van der Waals surface area contributed by atoms with E-state index in [1.807, 2.05) is 0 Å². The number of nitrogen functional groups attached to an aromatic ring is 1. The molecule has 1 aromatic heterocycles. The molecule has 3 rings (SSSR count). The van der Waals surface area contributed by atoms with Crippen molar-refractivity contribution in [1.82, 2.24) is 15.4 Å². The van der Waals surface area contributed by atoms with E-state index in [9.17, 15) is 27.2 Å². The minimum absolute atomic E-state index is 0.241. The Morgan fingerprint density at radius 3 is 2.30 bits per heavy atom. The summed E-state index contributed by atoms with van der Waals surface area (Å²) in [5, 5.41) is 2.80. The second-order valence-electron chi connectivity index (χ2n) is 5.96. The second-order valence-corrected chi connectivity index (χ2v) is 5.96. The van der Waals surface area contributed by atoms with Gasteiger partial charge in [0.15, 0.2) is 0 Å². The maximum atomic E-state index is 13.5. The van der Waals surface area contributed by atoms with Gasteiger partial charge in [-0.3, -0.25) is 15.0 Å². The van der Waals surface area contributed by atoms with E-state index in [4.69, 9.17) is 5.84 Å². The number of nitrogens with two attached hydrogens (primary N) is 1. The molecule has 0 aliphatic heterocycles. The number of Topliss-reactive ketones (excluding diaryl/α,β-unsaturated/α-hetero) is 1. The summed E-state index contributed by atoms with van der Waals surface area (Å²) in [6.07, 6.45) is -1.58. The van der Waals surface area contributed by atoms with Gasteiger partial charge in [-0.25, -0.2) is 33.4 Å². The molecule has 1 heterocycles. The van der Waals surface area contributed by atoms with Crippen molar-refractivity contribution >= 4 is 17.6 Å². The van der Waals surface area contributed by atoms with Crippen LogP contribution in [0.5, 0.6) is 0 Å². The van der Waals surface area contributed by atoms with Gasteiger partial charge in [-0.15, -0.1) is 0 Å². The fourth-order valence-electron chi connectivity index (χ4n) is 2.63. The molecular formula is C16H13F4N5O2. The van der Waals surface area contributed by atoms with Gasteiger partial charge in [0, 0.05) is 12.3 Å². The molecule has 2 aromatic rings. The summed E-state index contributed by atoms with van der Waals surface area (Å²) >= 11 is 0. The van der Waals surface area contributed by atoms with Crippen LogP contribution in [-0.2, 0) is 5.54 Å². The summed E-state index contributed by atoms with van der Waals surface area (Å²) < 4.78 is 52.6. The Kier molecular flexibility index (Phi) is 4.79. The number of amides is 1. The number of nitrogens with zero attached hydrogens (tertiary/aromatic N) is 2. The van der Waals surface area contributed by atoms with E-state index < -0.39 is 46.5 Å². The Bertz CT molecular complexity index is 897. The van der Waals surface area contributed by atoms with Crippen molar-refractivity contribution in [2.24, 2.45) is 5.84 Å². The van der Waals surface area contributed by atoms with Gasteiger partial charge >= 0.3 is 6.43 Å². The lowest BCUT2D eigenvalue weighted by molar-refractivity contribution is 0.0669. The first kappa shape index (κ1) is 18.7. The molecule has 0 unspecified atom stereocenters. The highest BCUT2D eigenvalue weighted by atomic mass is 19.3. The van der Waals surface area contributed by atoms with Gasteiger partial charge in [0.05, 0.1) is 11.1 Å². The topological polar surface area (TPSA) is 110 Å². The first-order valence-corrected chi connectivity index (χ1v) is 7.71. The number of anilines is 1. The molecule has 1 saturated carbocycles. The van der Waals surface area contributed by atoms with Crippen molar-refractivity contribution in [2.75, 3.05) is 5.32 Å². The number of halogens is 4. The largest absolute Gasteiger partial charge is 0.345 e. The molecule has 0 saturated heterocycles. The molecule has 7 nitrogen and oxygen atoms in total. The van der Waals surface area contributed by atoms with Gasteiger partial charge in [-0.05, 0) is 30.5 Å². The highest BCUT2D eigenvalue weighted by Crippen LogP contribution is 2.48. The van der Waals surface area contributed by atoms with Crippen LogP contribution in [0.1, 0.15) is 39.3 Å². The highest BCUT2D eigenvalue weighted by molar-refractivity contribution is 6.07. The number of nitrogens with one attached hydrogen (secondary N) is 2. The Hall–Kier alpha value is -3.08. The molecule has 0 radical (unpaired) electrons. The van der Waals surface area contributed by atoms with Gasteiger partial charge in [0.1, 0.15) is 17.3 Å². The Morgan fingerprint density at radius 2 is 1.78 bits per heavy atom. The molecule has 0 spiro atoms. The average molecular weight is 383 g/mol. The zero-order valence-electron chi connectivity index (χ0n) is 13.6. The van der Waals surface area contributed by atoms with Crippen LogP contribution in [0.3, 0.4) is 0 Å². The number of hydrazine groups is 1. The second kappa shape index (κ2) is 6.91. The molecule has 11 heteroatoms. The number of hydrogen-bond acceptors (Lipinski definition) is 6. The van der Waals surface area contributed by atoms with Crippen LogP contribution in [-0.4, -0.2) is 28.1 Å². The van der Waals surface area contributed by atoms with E-state index in [1.54, 1.807) is 5.43 Å². The van der Waals surface area contributed by atoms with Gasteiger partial charge in [-0.2, -0.15) is 0 Å². The minimum Gasteiger partial charge on any atom is -0.345 e. The van der Waals surface area contributed by atoms with Crippen LogP contribution in [0.25, 0.3) is 0 Å². The Balaban J connectivity index is 1.96. The smallest absolute Gasteiger partial charge is 0.302 e. The van der Waals surface area contributed by atoms with Crippen molar-refractivity contribution < 1.29 is 27.2 Å². The summed E-state index contributed by atoms with van der Waals surface area (Å²) in [6, 6.07) is 2.98. The van der Waals surface area contributed by atoms with Crippen molar-refractivity contribution in [1.29, 1.82) is 0 Å². The van der Waals surface area contributed by atoms with Crippen LogP contribution >= 0.6 is 0 Å². The molecule has 1 aliphatic rings. The van der Waals surface area contributed by atoms with Crippen LogP contribution < -0.4 is 16.6 Å². The predicted molar refractivity (Wildman–Crippen MR) is 84.9 cm³/mol. The van der Waals surface area contributed by atoms with E-state index in [2.05, 4.69) is 15.3 Å². The Morgan fingerprint density at radius 1 is 1.15 bits per heavy atom. The van der Waals surface area contributed by atoms with E-state index in [1.165, 1.54) is 0 Å². The standard InChI is InChI=1S/C16H13F4N5O2/c17-8-3-7(4-9(18)5-8)16(1-2-16)24-15-22-6-10(14(27)25-21)11(23-15)12(26)13(19)20/h3-6,13H,1-2,21H2,(H,25,27)(H,22,23,24). The normalized spacial score (nSPS) is 14.7. The molecule has 1 amide bonds. The molecule has 1 aliphatic carbocycles. The van der Waals surface area contributed by atoms with E-state index >= 15 is 0 Å². The number of rotatable bonds is 6. The summed E-state index contributed by atoms with van der Waals surface area (Å²) in [6.45, 7) is 0. The number of carbonyl (C=O) groups excluding carboxylic acids is 2. The van der Waals surface area contributed by atoms with Crippen LogP contribution in [0, 0.1) is 11.6 Å². The lowest BCUT2D eigenvalue weighted by Crippen LogP contribution is -2.33. The number of aromatic nitrogens is 2. The molecular weight excluding hydrogens is 370 g/mol. The predicted octanol–water partition coefficient (Wildman–Crippen LogP) is 1.91. The van der Waals surface area contributed by atoms with E-state index in [0.29, 0.717) is 12.8 Å². The third kappa shape index (κ3) is 3.72. The van der Waals surface area contributed by atoms with Crippen molar-refractivity contribution in [3.05, 3.63) is 52.9 Å². The number of carbonyl (C=O) groups is 2. The molecule has 1 aromatic carbocycles. The number of benzene rings is 1. The third-order valence-corrected chi connectivity index (χ3v) is 4.11. The molecule has 1 fully saturated rings. The number of alkyl halides is 2. The molecule has 142 valence electrons. The van der Waals surface area contributed by atoms with Gasteiger partial charge in [0.25, 0.3) is 5.91 Å². The van der Waals surface area contributed by atoms with Gasteiger partial charge < -0.3 is 5.32 Å². The lowest BCUT2D eigenvalue weighted by atomic mass is 10.0. The fraction of sp³-hybridized carbons (Fsp3) is 0.250. The zero-order chi connectivity index (χ0) is 19.8. The van der Waals surface area contributed by atoms with Crippen LogP contribution in [0.15, 0.2) is 24.4 Å². The number of hydrogen-bond donors (Lipinski definition) is 3. The van der Waals surface area contributed by atoms with E-state index in [0.717, 1.165) is 24.4 Å². The first-order valence-electron chi connectivity index (χ1n) is 7.71. The molecule has 0 bridgehead atoms. The molecule has 27 heavy (non-hydrogen) atoms. The summed E-state index contributed by atoms with van der Waals surface area (Å²) in [4.78, 5) is 30.9. The Labute approximate surface area is 150 Å². The highest BCUT2D eigenvalue weighted by Gasteiger charge is 2.45. The monoisotopic (exact) mass is 383 g/mol. The number of ketones is 1. The summed E-state index contributed by atoms with van der Waals surface area (Å²) in [5.74, 6) is 0.476. The van der Waals surface area contributed by atoms with Gasteiger partial charge in [0.2, 0.25) is 11.7 Å². The van der Waals surface area contributed by atoms with E-state index in [-0.39, 0.29) is 11.5 Å². The van der Waals surface area contributed by atoms with Crippen molar-refractivity contribution in [3.8, 4) is 0 Å². The van der Waals surface area contributed by atoms with Crippen LogP contribution in [0.2, 0.25) is 0 Å². The molecule has 0 atom stereocenters. The maximum Gasteiger partial charge on any atom is 0.302 e. The quantitative estimate of drug-likeness (QED) is 0.231. The summed E-state index contributed by atoms with van der Waals surface area (Å²) in [7, 11) is 0. The van der Waals surface area contributed by atoms with Gasteiger partial charge in [-0.1, -0.05) is 0 Å². The maximum absolute atomic E-state index is 13.5. The third-order valence-electron chi connectivity index (χ3n) is 4.11. The SMILES string of the molecule is NNC(=O)c1cnc(NC2(c3cc(F)cc(F)c3)CC2)nc1C(=O)C(F)F.